The van der Waals surface area contributed by atoms with Gasteiger partial charge < -0.3 is 5.32 Å². The molecule has 0 spiro atoms. The Kier molecular flexibility index (Phi) is 4.79. The Balaban J connectivity index is 1.71. The second kappa shape index (κ2) is 7.40. The largest absolute Gasteiger partial charge is 0.309 e. The van der Waals surface area contributed by atoms with Crippen LogP contribution in [0.25, 0.3) is 16.9 Å². The number of nitrogens with one attached hydrogen (secondary N) is 1. The SMILES string of the molecule is O=C(Cc1ccc(F)cc1)Nc1nc2ccc(Cl)cn2c1-c1ccc(F)cc1. The average molecular weight is 398 g/mol. The highest BCUT2D eigenvalue weighted by molar-refractivity contribution is 6.30. The highest BCUT2D eigenvalue weighted by Crippen LogP contribution is 2.30. The Morgan fingerprint density at radius 3 is 2.29 bits per heavy atom. The number of hydrogen-bond donors (Lipinski definition) is 1. The van der Waals surface area contributed by atoms with Crippen molar-refractivity contribution in [1.82, 2.24) is 9.38 Å². The number of nitrogens with zero attached hydrogens (tertiary/aromatic N) is 2. The Morgan fingerprint density at radius 2 is 1.61 bits per heavy atom. The van der Waals surface area contributed by atoms with Gasteiger partial charge in [-0.3, -0.25) is 9.20 Å². The van der Waals surface area contributed by atoms with Crippen LogP contribution < -0.4 is 5.32 Å². The van der Waals surface area contributed by atoms with Gasteiger partial charge in [-0.05, 0) is 54.1 Å². The van der Waals surface area contributed by atoms with Gasteiger partial charge in [-0.2, -0.15) is 0 Å². The fourth-order valence-corrected chi connectivity index (χ4v) is 3.11. The van der Waals surface area contributed by atoms with Gasteiger partial charge in [-0.25, -0.2) is 13.8 Å². The molecule has 0 bridgehead atoms. The number of carbonyl (C=O) groups excluding carboxylic acids is 1. The van der Waals surface area contributed by atoms with Crippen LogP contribution in [0.4, 0.5) is 14.6 Å². The maximum absolute atomic E-state index is 13.3. The van der Waals surface area contributed by atoms with Crippen molar-refractivity contribution in [1.29, 1.82) is 0 Å². The molecule has 140 valence electrons. The predicted octanol–water partition coefficient (Wildman–Crippen LogP) is 5.11. The number of hydrogen-bond acceptors (Lipinski definition) is 2. The van der Waals surface area contributed by atoms with Gasteiger partial charge in [0.05, 0.1) is 17.1 Å². The third-order valence-corrected chi connectivity index (χ3v) is 4.46. The number of rotatable bonds is 4. The van der Waals surface area contributed by atoms with E-state index in [1.165, 1.54) is 24.3 Å². The lowest BCUT2D eigenvalue weighted by molar-refractivity contribution is -0.115. The Hall–Kier alpha value is -3.25. The summed E-state index contributed by atoms with van der Waals surface area (Å²) in [5, 5.41) is 3.29. The van der Waals surface area contributed by atoms with Crippen LogP contribution >= 0.6 is 11.6 Å². The van der Waals surface area contributed by atoms with E-state index in [2.05, 4.69) is 10.3 Å². The van der Waals surface area contributed by atoms with Crippen molar-refractivity contribution in [3.63, 3.8) is 0 Å². The first-order valence-corrected chi connectivity index (χ1v) is 8.85. The summed E-state index contributed by atoms with van der Waals surface area (Å²) in [5.41, 5.74) is 2.52. The lowest BCUT2D eigenvalue weighted by atomic mass is 10.1. The van der Waals surface area contributed by atoms with Crippen molar-refractivity contribution in [2.45, 2.75) is 6.42 Å². The van der Waals surface area contributed by atoms with Crippen LogP contribution in [-0.2, 0) is 11.2 Å². The molecule has 0 saturated carbocycles. The zero-order valence-electron chi connectivity index (χ0n) is 14.5. The molecule has 0 unspecified atom stereocenters. The average Bonchev–Trinajstić information content (AvgIpc) is 3.01. The number of pyridine rings is 1. The second-order valence-corrected chi connectivity index (χ2v) is 6.68. The number of aromatic nitrogens is 2. The van der Waals surface area contributed by atoms with Gasteiger partial charge in [0, 0.05) is 11.8 Å². The Morgan fingerprint density at radius 1 is 0.964 bits per heavy atom. The zero-order valence-corrected chi connectivity index (χ0v) is 15.3. The van der Waals surface area contributed by atoms with Crippen molar-refractivity contribution in [3.05, 3.63) is 89.1 Å². The third kappa shape index (κ3) is 3.73. The monoisotopic (exact) mass is 397 g/mol. The van der Waals surface area contributed by atoms with Crippen LogP contribution in [-0.4, -0.2) is 15.3 Å². The van der Waals surface area contributed by atoms with Crippen LogP contribution in [0.2, 0.25) is 5.02 Å². The minimum atomic E-state index is -0.363. The molecule has 0 aliphatic carbocycles. The molecule has 0 radical (unpaired) electrons. The van der Waals surface area contributed by atoms with E-state index in [1.54, 1.807) is 47.0 Å². The Labute approximate surface area is 164 Å². The van der Waals surface area contributed by atoms with Gasteiger partial charge in [0.15, 0.2) is 5.82 Å². The van der Waals surface area contributed by atoms with Gasteiger partial charge in [0.25, 0.3) is 0 Å². The summed E-state index contributed by atoms with van der Waals surface area (Å²) in [6.45, 7) is 0. The number of halogens is 3. The summed E-state index contributed by atoms with van der Waals surface area (Å²) in [4.78, 5) is 17.0. The molecule has 2 aromatic carbocycles. The molecule has 0 aliphatic heterocycles. The molecule has 2 aromatic heterocycles. The van der Waals surface area contributed by atoms with Crippen molar-refractivity contribution >= 4 is 29.0 Å². The van der Waals surface area contributed by atoms with E-state index in [4.69, 9.17) is 11.6 Å². The molecule has 4 nitrogen and oxygen atoms in total. The number of fused-ring (bicyclic) bond motifs is 1. The van der Waals surface area contributed by atoms with E-state index in [0.717, 1.165) is 0 Å². The van der Waals surface area contributed by atoms with E-state index in [1.807, 2.05) is 0 Å². The molecule has 1 N–H and O–H groups in total. The summed E-state index contributed by atoms with van der Waals surface area (Å²) in [5.74, 6) is -0.692. The summed E-state index contributed by atoms with van der Waals surface area (Å²) >= 11 is 6.11. The van der Waals surface area contributed by atoms with Crippen LogP contribution in [0, 0.1) is 11.6 Å². The molecule has 0 saturated heterocycles. The quantitative estimate of drug-likeness (QED) is 0.520. The summed E-state index contributed by atoms with van der Waals surface area (Å²) < 4.78 is 28.1. The van der Waals surface area contributed by atoms with Crippen molar-refractivity contribution in [2.75, 3.05) is 5.32 Å². The van der Waals surface area contributed by atoms with E-state index < -0.39 is 0 Å². The number of benzene rings is 2. The van der Waals surface area contributed by atoms with Crippen LogP contribution in [0.1, 0.15) is 5.56 Å². The first kappa shape index (κ1) is 18.1. The molecule has 4 aromatic rings. The minimum Gasteiger partial charge on any atom is -0.309 e. The topological polar surface area (TPSA) is 46.4 Å². The minimum absolute atomic E-state index is 0.0672. The fourth-order valence-electron chi connectivity index (χ4n) is 2.95. The van der Waals surface area contributed by atoms with Crippen molar-refractivity contribution in [3.8, 4) is 11.3 Å². The van der Waals surface area contributed by atoms with Gasteiger partial charge in [-0.1, -0.05) is 23.7 Å². The number of imidazole rings is 1. The smallest absolute Gasteiger partial charge is 0.230 e. The molecule has 0 fully saturated rings. The van der Waals surface area contributed by atoms with Crippen molar-refractivity contribution < 1.29 is 13.6 Å². The molecule has 2 heterocycles. The second-order valence-electron chi connectivity index (χ2n) is 6.24. The molecule has 28 heavy (non-hydrogen) atoms. The first-order valence-electron chi connectivity index (χ1n) is 8.47. The third-order valence-electron chi connectivity index (χ3n) is 4.24. The molecule has 7 heteroatoms. The molecular weight excluding hydrogens is 384 g/mol. The van der Waals surface area contributed by atoms with Gasteiger partial charge in [0.2, 0.25) is 5.91 Å². The molecule has 0 atom stereocenters. The summed E-state index contributed by atoms with van der Waals surface area (Å²) in [6, 6.07) is 15.0. The fraction of sp³-hybridized carbons (Fsp3) is 0.0476. The molecule has 4 rings (SSSR count). The summed E-state index contributed by atoms with van der Waals surface area (Å²) in [6.07, 6.45) is 1.75. The number of carbonyl (C=O) groups is 1. The normalized spacial score (nSPS) is 11.0. The van der Waals surface area contributed by atoms with Gasteiger partial charge in [0.1, 0.15) is 17.3 Å². The van der Waals surface area contributed by atoms with Crippen molar-refractivity contribution in [2.24, 2.45) is 0 Å². The molecule has 0 aliphatic rings. The lowest BCUT2D eigenvalue weighted by Crippen LogP contribution is -2.15. The number of anilines is 1. The standard InChI is InChI=1S/C21H14ClF2N3O/c22-15-5-10-18-25-21(26-19(28)11-13-1-6-16(23)7-2-13)20(27(18)12-15)14-3-8-17(24)9-4-14/h1-10,12H,11H2,(H,26,28). The molecule has 1 amide bonds. The van der Waals surface area contributed by atoms with E-state index in [9.17, 15) is 13.6 Å². The number of amides is 1. The van der Waals surface area contributed by atoms with E-state index in [-0.39, 0.29) is 24.0 Å². The van der Waals surface area contributed by atoms with Crippen LogP contribution in [0.3, 0.4) is 0 Å². The van der Waals surface area contributed by atoms with E-state index in [0.29, 0.717) is 33.3 Å². The summed E-state index contributed by atoms with van der Waals surface area (Å²) in [7, 11) is 0. The lowest BCUT2D eigenvalue weighted by Gasteiger charge is -2.08. The zero-order chi connectivity index (χ0) is 19.7. The van der Waals surface area contributed by atoms with Crippen LogP contribution in [0.15, 0.2) is 66.9 Å². The van der Waals surface area contributed by atoms with E-state index >= 15 is 0 Å². The maximum atomic E-state index is 13.3. The first-order chi connectivity index (χ1) is 13.5. The highest BCUT2D eigenvalue weighted by atomic mass is 35.5. The Bertz CT molecular complexity index is 1150. The maximum Gasteiger partial charge on any atom is 0.230 e. The highest BCUT2D eigenvalue weighted by Gasteiger charge is 2.17. The molecular formula is C21H14ClF2N3O. The van der Waals surface area contributed by atoms with Crippen LogP contribution in [0.5, 0.6) is 0 Å². The van der Waals surface area contributed by atoms with Gasteiger partial charge in [-0.15, -0.1) is 0 Å². The van der Waals surface area contributed by atoms with Gasteiger partial charge >= 0.3 is 0 Å². The predicted molar refractivity (Wildman–Crippen MR) is 104 cm³/mol.